The fraction of sp³-hybridized carbons (Fsp3) is 0.531. The quantitative estimate of drug-likeness (QED) is 0.0844. The van der Waals surface area contributed by atoms with Gasteiger partial charge in [-0.1, -0.05) is 36.4 Å². The minimum Gasteiger partial charge on any atom is -0.496 e. The second-order valence-electron chi connectivity index (χ2n) is 17.8. The van der Waals surface area contributed by atoms with Gasteiger partial charge in [0.15, 0.2) is 5.78 Å². The van der Waals surface area contributed by atoms with Crippen LogP contribution in [0.4, 0.5) is 17.6 Å². The van der Waals surface area contributed by atoms with Crippen LogP contribution in [0.2, 0.25) is 0 Å². The van der Waals surface area contributed by atoms with E-state index in [0.29, 0.717) is 53.1 Å². The average molecular weight is 878 g/mol. The van der Waals surface area contributed by atoms with Crippen molar-refractivity contribution >= 4 is 33.6 Å². The average Bonchev–Trinajstić information content (AvgIpc) is 3.70. The first-order valence-corrected chi connectivity index (χ1v) is 22.2. The number of fused-ring (bicyclic) bond motifs is 2. The number of nitrogens with one attached hydrogen (secondary N) is 1. The summed E-state index contributed by atoms with van der Waals surface area (Å²) in [4.78, 5) is 44.4. The molecule has 0 aliphatic carbocycles. The zero-order chi connectivity index (χ0) is 45.9. The van der Waals surface area contributed by atoms with E-state index in [0.717, 1.165) is 58.9 Å². The Balaban J connectivity index is 0.000000223. The van der Waals surface area contributed by atoms with Gasteiger partial charge >= 0.3 is 5.97 Å². The first-order valence-electron chi connectivity index (χ1n) is 22.2. The van der Waals surface area contributed by atoms with E-state index >= 15 is 0 Å². The van der Waals surface area contributed by atoms with Crippen LogP contribution in [0, 0.1) is 32.6 Å². The SMILES string of the molecule is COc1cc(C)[nH]c(=O)c1CCC(=O)c1c(C)n(C(C)C2CCN(CC(F)F)C(C)C2)c2ccccc12.Cc1c(C(=O)O)c2ccccc2n1C(C)C1CCN(CC(F)F)C(C)C1. The fourth-order valence-corrected chi connectivity index (χ4v) is 10.6. The molecule has 2 aliphatic heterocycles. The van der Waals surface area contributed by atoms with Gasteiger partial charge in [-0.25, -0.2) is 22.4 Å². The smallest absolute Gasteiger partial charge is 0.338 e. The van der Waals surface area contributed by atoms with Crippen molar-refractivity contribution in [3.63, 3.8) is 0 Å². The van der Waals surface area contributed by atoms with E-state index in [2.05, 4.69) is 28.0 Å². The van der Waals surface area contributed by atoms with Crippen LogP contribution in [0.1, 0.15) is 115 Å². The number of hydrogen-bond acceptors (Lipinski definition) is 6. The summed E-state index contributed by atoms with van der Waals surface area (Å²) in [5.74, 6) is 0.215. The summed E-state index contributed by atoms with van der Waals surface area (Å²) in [5, 5.41) is 11.3. The van der Waals surface area contributed by atoms with Crippen molar-refractivity contribution in [1.82, 2.24) is 23.9 Å². The number of Topliss-reactive ketones (excluding diaryl/α,β-unsaturated/α-hetero) is 1. The van der Waals surface area contributed by atoms with E-state index in [1.54, 1.807) is 13.0 Å². The molecule has 2 N–H and O–H groups in total. The number of carbonyl (C=O) groups is 2. The second-order valence-corrected chi connectivity index (χ2v) is 17.8. The molecule has 0 radical (unpaired) electrons. The topological polar surface area (TPSA) is 113 Å². The number of pyridine rings is 1. The Morgan fingerprint density at radius 2 is 1.24 bits per heavy atom. The number of hydrogen-bond donors (Lipinski definition) is 2. The highest BCUT2D eigenvalue weighted by atomic mass is 19.3. The monoisotopic (exact) mass is 877 g/mol. The zero-order valence-electron chi connectivity index (χ0n) is 37.8. The number of alkyl halides is 4. The zero-order valence-corrected chi connectivity index (χ0v) is 37.8. The molecule has 6 unspecified atom stereocenters. The van der Waals surface area contributed by atoms with E-state index in [1.807, 2.05) is 86.0 Å². The number of H-pyrrole nitrogens is 1. The van der Waals surface area contributed by atoms with Gasteiger partial charge in [0, 0.05) is 75.0 Å². The predicted octanol–water partition coefficient (Wildman–Crippen LogP) is 10.3. The van der Waals surface area contributed by atoms with E-state index < -0.39 is 18.8 Å². The Kier molecular flexibility index (Phi) is 15.3. The number of rotatable bonds is 14. The number of halogens is 4. The lowest BCUT2D eigenvalue weighted by molar-refractivity contribution is 0.0340. The van der Waals surface area contributed by atoms with E-state index in [1.165, 1.54) is 7.11 Å². The standard InChI is InChI=1S/C29H37F2N3O3.C20H26F2N2O2/c1-17-14-26(37-5)23(29(36)32-17)10-11-25(35)28-20(4)34(24-9-7-6-8-22(24)28)19(3)21-12-13-33(16-27(30)31)18(2)15-21;1-12-10-15(8-9-23(12)11-18(21)22)13(2)24-14(3)19(20(25)26)16-6-4-5-7-17(16)24/h6-9,14,18-19,21,27H,10-13,15-16H2,1-5H3,(H,32,36);4-7,12-13,15,18H,8-11H2,1-3H3,(H,25,26). The molecule has 0 amide bonds. The van der Waals surface area contributed by atoms with Crippen LogP contribution >= 0.6 is 0 Å². The summed E-state index contributed by atoms with van der Waals surface area (Å²) in [6, 6.07) is 17.7. The summed E-state index contributed by atoms with van der Waals surface area (Å²) >= 11 is 0. The van der Waals surface area contributed by atoms with Gasteiger partial charge in [-0.15, -0.1) is 0 Å². The van der Waals surface area contributed by atoms with Crippen molar-refractivity contribution in [3.05, 3.63) is 98.7 Å². The molecule has 63 heavy (non-hydrogen) atoms. The van der Waals surface area contributed by atoms with Gasteiger partial charge in [0.2, 0.25) is 0 Å². The molecule has 0 saturated carbocycles. The molecule has 14 heteroatoms. The van der Waals surface area contributed by atoms with Crippen LogP contribution in [-0.2, 0) is 6.42 Å². The Bertz CT molecular complexity index is 2460. The number of nitrogens with zero attached hydrogens (tertiary/aromatic N) is 4. The van der Waals surface area contributed by atoms with Gasteiger partial charge in [0.25, 0.3) is 18.4 Å². The van der Waals surface area contributed by atoms with Crippen molar-refractivity contribution in [2.45, 2.75) is 124 Å². The van der Waals surface area contributed by atoms with Crippen LogP contribution in [0.25, 0.3) is 21.8 Å². The molecule has 6 atom stereocenters. The van der Waals surface area contributed by atoms with Gasteiger partial charge < -0.3 is 24.0 Å². The maximum atomic E-state index is 13.6. The summed E-state index contributed by atoms with van der Waals surface area (Å²) in [6.07, 6.45) is -0.811. The highest BCUT2D eigenvalue weighted by molar-refractivity contribution is 6.09. The summed E-state index contributed by atoms with van der Waals surface area (Å²) in [7, 11) is 1.53. The summed E-state index contributed by atoms with van der Waals surface area (Å²) in [6.45, 7) is 14.9. The van der Waals surface area contributed by atoms with Crippen molar-refractivity contribution in [2.75, 3.05) is 33.3 Å². The number of aromatic carboxylic acids is 1. The van der Waals surface area contributed by atoms with Gasteiger partial charge in [-0.3, -0.25) is 19.4 Å². The van der Waals surface area contributed by atoms with Gasteiger partial charge in [-0.05, 0) is 124 Å². The van der Waals surface area contributed by atoms with E-state index in [9.17, 15) is 37.1 Å². The Hall–Kier alpha value is -4.95. The number of aromatic amines is 1. The third-order valence-electron chi connectivity index (χ3n) is 13.9. The predicted molar refractivity (Wildman–Crippen MR) is 240 cm³/mol. The van der Waals surface area contributed by atoms with Crippen molar-refractivity contribution in [2.24, 2.45) is 11.8 Å². The maximum Gasteiger partial charge on any atom is 0.338 e. The molecule has 0 spiro atoms. The number of likely N-dealkylation sites (tertiary alicyclic amines) is 2. The Labute approximate surface area is 367 Å². The number of aromatic nitrogens is 3. The number of para-hydroxylation sites is 2. The lowest BCUT2D eigenvalue weighted by Crippen LogP contribution is -2.44. The number of methoxy groups -OCH3 is 1. The fourth-order valence-electron chi connectivity index (χ4n) is 10.6. The number of benzene rings is 2. The molecule has 7 rings (SSSR count). The first-order chi connectivity index (χ1) is 29.9. The van der Waals surface area contributed by atoms with Gasteiger partial charge in [-0.2, -0.15) is 0 Å². The molecule has 0 bridgehead atoms. The maximum absolute atomic E-state index is 13.6. The van der Waals surface area contributed by atoms with Crippen LogP contribution in [0.3, 0.4) is 0 Å². The molecule has 2 fully saturated rings. The van der Waals surface area contributed by atoms with E-state index in [4.69, 9.17) is 4.74 Å². The molecular formula is C49H63F4N5O5. The lowest BCUT2D eigenvalue weighted by atomic mass is 9.86. The van der Waals surface area contributed by atoms with Crippen LogP contribution < -0.4 is 10.3 Å². The van der Waals surface area contributed by atoms with E-state index in [-0.39, 0.29) is 61.4 Å². The molecule has 2 aromatic carbocycles. The van der Waals surface area contributed by atoms with Crippen LogP contribution in [-0.4, -0.2) is 99.0 Å². The molecule has 2 saturated heterocycles. The lowest BCUT2D eigenvalue weighted by Gasteiger charge is -2.40. The number of piperidine rings is 2. The third kappa shape index (κ3) is 10.2. The molecule has 5 heterocycles. The summed E-state index contributed by atoms with van der Waals surface area (Å²) in [5.41, 5.74) is 5.59. The molecule has 10 nitrogen and oxygen atoms in total. The minimum atomic E-state index is -2.32. The number of carbonyl (C=O) groups excluding carboxylic acids is 1. The molecule has 2 aliphatic rings. The minimum absolute atomic E-state index is 0.0122. The number of carboxylic acid groups (broad SMARTS) is 1. The molecule has 3 aromatic heterocycles. The highest BCUT2D eigenvalue weighted by Gasteiger charge is 2.35. The molecule has 342 valence electrons. The van der Waals surface area contributed by atoms with Gasteiger partial charge in [0.1, 0.15) is 5.75 Å². The molecular weight excluding hydrogens is 815 g/mol. The largest absolute Gasteiger partial charge is 0.496 e. The van der Waals surface area contributed by atoms with Crippen LogP contribution in [0.5, 0.6) is 5.75 Å². The number of carboxylic acids is 1. The number of ether oxygens (including phenoxy) is 1. The normalized spacial score (nSPS) is 20.9. The Morgan fingerprint density at radius 1 is 0.778 bits per heavy atom. The number of ketones is 1. The first kappa shape index (κ1) is 47.5. The Morgan fingerprint density at radius 3 is 1.68 bits per heavy atom. The van der Waals surface area contributed by atoms with Crippen molar-refractivity contribution < 1.29 is 37.0 Å². The second kappa shape index (κ2) is 20.3. The van der Waals surface area contributed by atoms with Crippen molar-refractivity contribution in [1.29, 1.82) is 0 Å². The van der Waals surface area contributed by atoms with Crippen LogP contribution in [0.15, 0.2) is 59.4 Å². The van der Waals surface area contributed by atoms with Crippen molar-refractivity contribution in [3.8, 4) is 5.75 Å². The summed E-state index contributed by atoms with van der Waals surface area (Å²) < 4.78 is 61.1. The van der Waals surface area contributed by atoms with Gasteiger partial charge in [0.05, 0.1) is 31.3 Å². The third-order valence-corrected chi connectivity index (χ3v) is 13.9. The number of aryl methyl sites for hydroxylation is 1. The molecule has 5 aromatic rings. The highest BCUT2D eigenvalue weighted by Crippen LogP contribution is 2.39.